The molecular formula is C27H34N2O8. The van der Waals surface area contributed by atoms with Crippen molar-refractivity contribution in [2.24, 2.45) is 29.4 Å². The maximum atomic E-state index is 14.0. The van der Waals surface area contributed by atoms with Crippen LogP contribution in [0.5, 0.6) is 5.75 Å². The number of aliphatic hydroxyl groups excluding tert-OH is 1. The molecule has 4 rings (SSSR count). The predicted octanol–water partition coefficient (Wildman–Crippen LogP) is 0.0864. The molecule has 1 aromatic rings. The molecule has 3 aliphatic rings. The number of benzene rings is 1. The number of likely N-dealkylation sites (N-methyl/N-ethyl adjacent to an activating group) is 1. The Balaban J connectivity index is 1.95. The Bertz CT molecular complexity index is 1240. The van der Waals surface area contributed by atoms with Crippen molar-refractivity contribution < 1.29 is 39.3 Å². The first-order chi connectivity index (χ1) is 17.0. The van der Waals surface area contributed by atoms with Crippen LogP contribution in [0.15, 0.2) is 12.1 Å². The molecule has 0 radical (unpaired) electrons. The van der Waals surface area contributed by atoms with E-state index in [1.165, 1.54) is 19.0 Å². The van der Waals surface area contributed by atoms with E-state index in [4.69, 9.17) is 5.73 Å². The Morgan fingerprint density at radius 2 is 1.73 bits per heavy atom. The summed E-state index contributed by atoms with van der Waals surface area (Å²) < 4.78 is 0. The van der Waals surface area contributed by atoms with Crippen LogP contribution in [0.25, 0.3) is 0 Å². The van der Waals surface area contributed by atoms with E-state index in [2.05, 4.69) is 0 Å². The molecule has 0 bridgehead atoms. The maximum absolute atomic E-state index is 14.0. The van der Waals surface area contributed by atoms with Crippen molar-refractivity contribution >= 4 is 29.0 Å². The number of ketones is 4. The molecule has 0 spiro atoms. The van der Waals surface area contributed by atoms with Gasteiger partial charge in [0.2, 0.25) is 5.91 Å². The molecule has 1 aromatic carbocycles. The van der Waals surface area contributed by atoms with Crippen LogP contribution in [0, 0.1) is 23.7 Å². The van der Waals surface area contributed by atoms with Gasteiger partial charge >= 0.3 is 0 Å². The molecule has 0 saturated heterocycles. The van der Waals surface area contributed by atoms with Crippen LogP contribution in [0.3, 0.4) is 0 Å². The second-order valence-electron chi connectivity index (χ2n) is 11.5. The number of Topliss-reactive ketones (excluding diaryl/α,β-unsaturated/α-hetero) is 4. The molecule has 1 amide bonds. The summed E-state index contributed by atoms with van der Waals surface area (Å²) in [6.07, 6.45) is -0.986. The van der Waals surface area contributed by atoms with Crippen LogP contribution in [0.2, 0.25) is 0 Å². The van der Waals surface area contributed by atoms with Gasteiger partial charge in [-0.15, -0.1) is 0 Å². The van der Waals surface area contributed by atoms with E-state index >= 15 is 0 Å². The Labute approximate surface area is 214 Å². The highest BCUT2D eigenvalue weighted by atomic mass is 16.3. The van der Waals surface area contributed by atoms with E-state index in [1.54, 1.807) is 19.1 Å². The number of fused-ring (bicyclic) bond motifs is 3. The van der Waals surface area contributed by atoms with Gasteiger partial charge in [-0.05, 0) is 37.4 Å². The molecule has 0 aliphatic heterocycles. The van der Waals surface area contributed by atoms with Crippen molar-refractivity contribution in [3.63, 3.8) is 0 Å². The van der Waals surface area contributed by atoms with Gasteiger partial charge in [0.05, 0.1) is 29.5 Å². The van der Waals surface area contributed by atoms with Crippen molar-refractivity contribution in [2.45, 2.75) is 63.2 Å². The van der Waals surface area contributed by atoms with Crippen molar-refractivity contribution in [1.29, 1.82) is 0 Å². The smallest absolute Gasteiger partial charge is 0.235 e. The highest BCUT2D eigenvalue weighted by Crippen LogP contribution is 2.55. The summed E-state index contributed by atoms with van der Waals surface area (Å²) >= 11 is 0. The zero-order valence-corrected chi connectivity index (χ0v) is 21.8. The van der Waals surface area contributed by atoms with E-state index in [-0.39, 0.29) is 11.3 Å². The number of nitrogens with zero attached hydrogens (tertiary/aromatic N) is 1. The summed E-state index contributed by atoms with van der Waals surface area (Å²) in [5.41, 5.74) is 2.70. The van der Waals surface area contributed by atoms with Crippen LogP contribution in [-0.2, 0) is 24.6 Å². The molecule has 200 valence electrons. The van der Waals surface area contributed by atoms with Gasteiger partial charge in [-0.3, -0.25) is 28.9 Å². The summed E-state index contributed by atoms with van der Waals surface area (Å²) in [5, 5.41) is 34.5. The second kappa shape index (κ2) is 8.54. The third-order valence-corrected chi connectivity index (χ3v) is 9.10. The highest BCUT2D eigenvalue weighted by molar-refractivity contribution is 6.32. The molecule has 10 nitrogen and oxygen atoms in total. The standard InChI is InChI=1S/C27H34N2O8/c1-7-26(3,4)12-9-8-11-10(2)13-15(20(31)14(11)19(12)30)23(34)27(37)17(21(13)32)18(29(5)6)22(33)16(24(27)35)25(28)36/h8-10,13,15-18,21,30,32,37H,7H2,1-6H3,(H2,28,36)/t10-,13+,15?,16?,17+,18?,21-,27-/m0/s1. The molecule has 3 aliphatic carbocycles. The predicted molar refractivity (Wildman–Crippen MR) is 131 cm³/mol. The Morgan fingerprint density at radius 1 is 1.14 bits per heavy atom. The summed E-state index contributed by atoms with van der Waals surface area (Å²) in [7, 11) is 2.92. The van der Waals surface area contributed by atoms with Gasteiger partial charge in [0, 0.05) is 11.5 Å². The number of aliphatic hydroxyl groups is 2. The number of phenolic OH excluding ortho intramolecular Hbond substituents is 1. The van der Waals surface area contributed by atoms with Crippen molar-refractivity contribution in [3.8, 4) is 5.75 Å². The fraction of sp³-hybridized carbons (Fsp3) is 0.593. The van der Waals surface area contributed by atoms with Gasteiger partial charge in [-0.2, -0.15) is 0 Å². The normalized spacial score (nSPS) is 35.8. The van der Waals surface area contributed by atoms with E-state index in [0.717, 1.165) is 0 Å². The molecule has 8 atom stereocenters. The summed E-state index contributed by atoms with van der Waals surface area (Å²) in [5.74, 6) is -13.0. The summed E-state index contributed by atoms with van der Waals surface area (Å²) in [6.45, 7) is 7.43. The lowest BCUT2D eigenvalue weighted by atomic mass is 9.49. The fourth-order valence-electron chi connectivity index (χ4n) is 6.73. The first kappa shape index (κ1) is 27.1. The molecule has 0 heterocycles. The molecule has 0 aromatic heterocycles. The second-order valence-corrected chi connectivity index (χ2v) is 11.5. The lowest BCUT2D eigenvalue weighted by Gasteiger charge is -2.56. The minimum Gasteiger partial charge on any atom is -0.507 e. The van der Waals surface area contributed by atoms with E-state index in [1.807, 2.05) is 20.8 Å². The van der Waals surface area contributed by atoms with E-state index < -0.39 is 81.8 Å². The molecule has 3 unspecified atom stereocenters. The van der Waals surface area contributed by atoms with Gasteiger partial charge in [0.1, 0.15) is 5.75 Å². The Morgan fingerprint density at radius 3 is 2.24 bits per heavy atom. The number of carbonyl (C=O) groups is 5. The number of aromatic hydroxyl groups is 1. The van der Waals surface area contributed by atoms with Gasteiger partial charge in [0.15, 0.2) is 34.7 Å². The van der Waals surface area contributed by atoms with Crippen LogP contribution in [0.4, 0.5) is 0 Å². The average Bonchev–Trinajstić information content (AvgIpc) is 2.80. The largest absolute Gasteiger partial charge is 0.507 e. The van der Waals surface area contributed by atoms with Gasteiger partial charge in [-0.1, -0.05) is 39.8 Å². The number of phenols is 1. The Kier molecular flexibility index (Phi) is 6.25. The van der Waals surface area contributed by atoms with Gasteiger partial charge < -0.3 is 21.1 Å². The zero-order chi connectivity index (χ0) is 27.9. The SMILES string of the molecule is CCC(C)(C)c1ccc2c(c1O)C(=O)C1C(=O)[C@]3(O)C(=O)C(C(N)=O)C(=O)C(N(C)C)[C@@H]3[C@@H](O)[C@@H]1[C@H]2C. The fourth-order valence-corrected chi connectivity index (χ4v) is 6.73. The lowest BCUT2D eigenvalue weighted by molar-refractivity contribution is -0.196. The van der Waals surface area contributed by atoms with Crippen LogP contribution >= 0.6 is 0 Å². The number of hydrogen-bond acceptors (Lipinski definition) is 9. The topological polar surface area (TPSA) is 175 Å². The van der Waals surface area contributed by atoms with Crippen LogP contribution in [0.1, 0.15) is 61.5 Å². The zero-order valence-electron chi connectivity index (χ0n) is 21.8. The molecule has 2 fully saturated rings. The van der Waals surface area contributed by atoms with Crippen molar-refractivity contribution in [2.75, 3.05) is 14.1 Å². The monoisotopic (exact) mass is 514 g/mol. The quantitative estimate of drug-likeness (QED) is 0.406. The number of nitrogens with two attached hydrogens (primary N) is 1. The van der Waals surface area contributed by atoms with Crippen LogP contribution < -0.4 is 5.73 Å². The minimum atomic E-state index is -2.99. The molecule has 5 N–H and O–H groups in total. The number of rotatable bonds is 4. The number of primary amides is 1. The lowest BCUT2D eigenvalue weighted by Crippen LogP contribution is -2.77. The van der Waals surface area contributed by atoms with E-state index in [0.29, 0.717) is 17.5 Å². The molecular weight excluding hydrogens is 480 g/mol. The third kappa shape index (κ3) is 3.38. The Hall–Kier alpha value is -2.95. The van der Waals surface area contributed by atoms with Gasteiger partial charge in [-0.25, -0.2) is 0 Å². The number of hydrogen-bond donors (Lipinski definition) is 4. The molecule has 37 heavy (non-hydrogen) atoms. The maximum Gasteiger partial charge on any atom is 0.235 e. The summed E-state index contributed by atoms with van der Waals surface area (Å²) in [6, 6.07) is 2.04. The molecule has 10 heteroatoms. The number of amides is 1. The van der Waals surface area contributed by atoms with E-state index in [9.17, 15) is 39.3 Å². The first-order valence-corrected chi connectivity index (χ1v) is 12.4. The van der Waals surface area contributed by atoms with Gasteiger partial charge in [0.25, 0.3) is 0 Å². The number of carbonyl (C=O) groups excluding carboxylic acids is 5. The van der Waals surface area contributed by atoms with Crippen molar-refractivity contribution in [1.82, 2.24) is 4.90 Å². The average molecular weight is 515 g/mol. The highest BCUT2D eigenvalue weighted by Gasteiger charge is 2.72. The van der Waals surface area contributed by atoms with Crippen LogP contribution in [-0.4, -0.2) is 81.1 Å². The minimum absolute atomic E-state index is 0.0784. The van der Waals surface area contributed by atoms with Crippen molar-refractivity contribution in [3.05, 3.63) is 28.8 Å². The molecule has 2 saturated carbocycles. The first-order valence-electron chi connectivity index (χ1n) is 12.4. The third-order valence-electron chi connectivity index (χ3n) is 9.10. The summed E-state index contributed by atoms with van der Waals surface area (Å²) in [4.78, 5) is 67.8.